The summed E-state index contributed by atoms with van der Waals surface area (Å²) in [5.41, 5.74) is 2.87. The zero-order valence-corrected chi connectivity index (χ0v) is 8.46. The molecule has 70 valence electrons. The third-order valence-corrected chi connectivity index (χ3v) is 2.94. The van der Waals surface area contributed by atoms with Gasteiger partial charge in [-0.05, 0) is 38.4 Å². The lowest BCUT2D eigenvalue weighted by molar-refractivity contribution is 0.411. The number of aryl methyl sites for hydroxylation is 1. The van der Waals surface area contributed by atoms with Gasteiger partial charge in [0.1, 0.15) is 0 Å². The minimum Gasteiger partial charge on any atom is -0.306 e. The van der Waals surface area contributed by atoms with Gasteiger partial charge < -0.3 is 4.90 Å². The van der Waals surface area contributed by atoms with Crippen molar-refractivity contribution in [1.82, 2.24) is 4.90 Å². The molecule has 0 saturated carbocycles. The van der Waals surface area contributed by atoms with Crippen molar-refractivity contribution in [3.63, 3.8) is 0 Å². The topological polar surface area (TPSA) is 3.24 Å². The van der Waals surface area contributed by atoms with Crippen molar-refractivity contribution >= 4 is 0 Å². The van der Waals surface area contributed by atoms with E-state index in [1.165, 1.54) is 30.6 Å². The Morgan fingerprint density at radius 2 is 1.92 bits per heavy atom. The molecule has 0 aromatic heterocycles. The van der Waals surface area contributed by atoms with E-state index in [-0.39, 0.29) is 0 Å². The summed E-state index contributed by atoms with van der Waals surface area (Å²) in [6.07, 6.45) is 1.32. The van der Waals surface area contributed by atoms with Crippen molar-refractivity contribution in [2.75, 3.05) is 20.1 Å². The molecule has 1 nitrogen and oxygen atoms in total. The molecule has 1 aromatic carbocycles. The zero-order chi connectivity index (χ0) is 9.26. The molecule has 0 spiro atoms. The van der Waals surface area contributed by atoms with Gasteiger partial charge in [0.15, 0.2) is 0 Å². The molecule has 0 N–H and O–H groups in total. The minimum atomic E-state index is 0.769. The Labute approximate surface area is 80.4 Å². The Hall–Kier alpha value is -0.820. The lowest BCUT2D eigenvalue weighted by Gasteiger charge is -2.10. The van der Waals surface area contributed by atoms with Crippen LogP contribution in [0.5, 0.6) is 0 Å². The predicted molar refractivity (Wildman–Crippen MR) is 56.0 cm³/mol. The maximum atomic E-state index is 2.41. The van der Waals surface area contributed by atoms with Gasteiger partial charge in [0.25, 0.3) is 0 Å². The molecular formula is C12H17N. The first-order valence-electron chi connectivity index (χ1n) is 5.01. The highest BCUT2D eigenvalue weighted by Gasteiger charge is 2.20. The van der Waals surface area contributed by atoms with Crippen molar-refractivity contribution in [3.05, 3.63) is 35.4 Å². The van der Waals surface area contributed by atoms with Gasteiger partial charge in [0.05, 0.1) is 0 Å². The first-order chi connectivity index (χ1) is 6.25. The number of rotatable bonds is 1. The van der Waals surface area contributed by atoms with Crippen LogP contribution in [0.25, 0.3) is 0 Å². The van der Waals surface area contributed by atoms with E-state index in [0.29, 0.717) is 0 Å². The summed E-state index contributed by atoms with van der Waals surface area (Å²) >= 11 is 0. The van der Waals surface area contributed by atoms with Gasteiger partial charge >= 0.3 is 0 Å². The molecule has 13 heavy (non-hydrogen) atoms. The molecule has 1 aliphatic heterocycles. The molecule has 1 heteroatoms. The Bertz CT molecular complexity index is 276. The molecule has 1 saturated heterocycles. The molecule has 1 heterocycles. The van der Waals surface area contributed by atoms with Crippen molar-refractivity contribution in [2.45, 2.75) is 19.3 Å². The van der Waals surface area contributed by atoms with Crippen LogP contribution in [0.3, 0.4) is 0 Å². The van der Waals surface area contributed by atoms with E-state index in [1.807, 2.05) is 0 Å². The second-order valence-electron chi connectivity index (χ2n) is 4.16. The van der Waals surface area contributed by atoms with E-state index < -0.39 is 0 Å². The van der Waals surface area contributed by atoms with Crippen LogP contribution in [0.4, 0.5) is 0 Å². The van der Waals surface area contributed by atoms with E-state index in [1.54, 1.807) is 0 Å². The normalized spacial score (nSPS) is 23.7. The molecule has 1 aliphatic rings. The first-order valence-corrected chi connectivity index (χ1v) is 5.01. The molecule has 1 atom stereocenters. The summed E-state index contributed by atoms with van der Waals surface area (Å²) in [6.45, 7) is 4.62. The van der Waals surface area contributed by atoms with E-state index in [2.05, 4.69) is 43.1 Å². The van der Waals surface area contributed by atoms with Crippen LogP contribution in [-0.2, 0) is 0 Å². The summed E-state index contributed by atoms with van der Waals surface area (Å²) < 4.78 is 0. The summed E-state index contributed by atoms with van der Waals surface area (Å²) in [6, 6.07) is 8.99. The van der Waals surface area contributed by atoms with Gasteiger partial charge in [-0.15, -0.1) is 0 Å². The number of hydrogen-bond donors (Lipinski definition) is 0. The highest BCUT2D eigenvalue weighted by Crippen LogP contribution is 2.25. The monoisotopic (exact) mass is 175 g/mol. The third-order valence-electron chi connectivity index (χ3n) is 2.94. The fourth-order valence-corrected chi connectivity index (χ4v) is 2.05. The van der Waals surface area contributed by atoms with Gasteiger partial charge in [-0.25, -0.2) is 0 Å². The van der Waals surface area contributed by atoms with E-state index >= 15 is 0 Å². The molecule has 1 unspecified atom stereocenters. The second-order valence-corrected chi connectivity index (χ2v) is 4.16. The van der Waals surface area contributed by atoms with E-state index in [9.17, 15) is 0 Å². The number of likely N-dealkylation sites (N-methyl/N-ethyl adjacent to an activating group) is 1. The summed E-state index contributed by atoms with van der Waals surface area (Å²) in [5.74, 6) is 0.769. The van der Waals surface area contributed by atoms with Gasteiger partial charge in [-0.3, -0.25) is 0 Å². The Morgan fingerprint density at radius 1 is 1.23 bits per heavy atom. The van der Waals surface area contributed by atoms with Crippen LogP contribution in [0.1, 0.15) is 23.5 Å². The third kappa shape index (κ3) is 1.92. The number of likely N-dealkylation sites (tertiary alicyclic amines) is 1. The summed E-state index contributed by atoms with van der Waals surface area (Å²) in [7, 11) is 2.20. The van der Waals surface area contributed by atoms with E-state index in [0.717, 1.165) is 5.92 Å². The number of hydrogen-bond acceptors (Lipinski definition) is 1. The molecule has 1 fully saturated rings. The molecule has 2 rings (SSSR count). The number of benzene rings is 1. The lowest BCUT2D eigenvalue weighted by Crippen LogP contribution is -2.13. The lowest BCUT2D eigenvalue weighted by atomic mass is 9.98. The fourth-order valence-electron chi connectivity index (χ4n) is 2.05. The van der Waals surface area contributed by atoms with Crippen molar-refractivity contribution < 1.29 is 0 Å². The van der Waals surface area contributed by atoms with Gasteiger partial charge in [0, 0.05) is 6.54 Å². The maximum absolute atomic E-state index is 2.41. The quantitative estimate of drug-likeness (QED) is 0.633. The fraction of sp³-hybridized carbons (Fsp3) is 0.500. The van der Waals surface area contributed by atoms with Crippen LogP contribution in [-0.4, -0.2) is 25.0 Å². The van der Waals surface area contributed by atoms with Crippen LogP contribution >= 0.6 is 0 Å². The minimum absolute atomic E-state index is 0.769. The van der Waals surface area contributed by atoms with Crippen molar-refractivity contribution in [1.29, 1.82) is 0 Å². The van der Waals surface area contributed by atoms with Crippen LogP contribution in [0, 0.1) is 6.92 Å². The van der Waals surface area contributed by atoms with Crippen LogP contribution < -0.4 is 0 Å². The Balaban J connectivity index is 2.13. The van der Waals surface area contributed by atoms with Gasteiger partial charge in [0.2, 0.25) is 0 Å². The number of nitrogens with zero attached hydrogens (tertiary/aromatic N) is 1. The SMILES string of the molecule is Cc1ccc(C2CCN(C)C2)cc1. The molecule has 0 bridgehead atoms. The maximum Gasteiger partial charge on any atom is 0.00477 e. The zero-order valence-electron chi connectivity index (χ0n) is 8.46. The molecular weight excluding hydrogens is 158 g/mol. The molecule has 0 radical (unpaired) electrons. The van der Waals surface area contributed by atoms with Crippen molar-refractivity contribution in [3.8, 4) is 0 Å². The smallest absolute Gasteiger partial charge is 0.00477 e. The standard InChI is InChI=1S/C12H17N/c1-10-3-5-11(6-4-10)12-7-8-13(2)9-12/h3-6,12H,7-9H2,1-2H3. The second kappa shape index (κ2) is 3.51. The van der Waals surface area contributed by atoms with Gasteiger partial charge in [-0.1, -0.05) is 29.8 Å². The van der Waals surface area contributed by atoms with Crippen molar-refractivity contribution in [2.24, 2.45) is 0 Å². The summed E-state index contributed by atoms with van der Waals surface area (Å²) in [4.78, 5) is 2.41. The Morgan fingerprint density at radius 3 is 2.46 bits per heavy atom. The molecule has 1 aromatic rings. The van der Waals surface area contributed by atoms with E-state index in [4.69, 9.17) is 0 Å². The molecule has 0 amide bonds. The van der Waals surface area contributed by atoms with Crippen LogP contribution in [0.2, 0.25) is 0 Å². The van der Waals surface area contributed by atoms with Gasteiger partial charge in [-0.2, -0.15) is 0 Å². The average molecular weight is 175 g/mol. The largest absolute Gasteiger partial charge is 0.306 e. The first kappa shape index (κ1) is 8.76. The summed E-state index contributed by atoms with van der Waals surface area (Å²) in [5, 5.41) is 0. The molecule has 0 aliphatic carbocycles. The highest BCUT2D eigenvalue weighted by atomic mass is 15.1. The predicted octanol–water partition coefficient (Wildman–Crippen LogP) is 2.41. The van der Waals surface area contributed by atoms with Crippen LogP contribution in [0.15, 0.2) is 24.3 Å². The average Bonchev–Trinajstić information content (AvgIpc) is 2.53. The Kier molecular flexibility index (Phi) is 2.36. The highest BCUT2D eigenvalue weighted by molar-refractivity contribution is 5.25.